The Labute approximate surface area is 109 Å². The summed E-state index contributed by atoms with van der Waals surface area (Å²) in [5, 5.41) is 0. The average Bonchev–Trinajstić information content (AvgIpc) is 2.45. The summed E-state index contributed by atoms with van der Waals surface area (Å²) in [6.45, 7) is 2.21. The standard InChI is InChI=1S/C17H19N/c1-2-3-7-16-11-13-17(18-14-16)12-10-15-8-5-4-6-9-15/h4-6,8-14H,2-3,7H2,1H3. The third kappa shape index (κ3) is 3.85. The second-order valence-electron chi connectivity index (χ2n) is 4.44. The number of aryl methyl sites for hydroxylation is 1. The van der Waals surface area contributed by atoms with E-state index in [0.717, 1.165) is 12.1 Å². The van der Waals surface area contributed by atoms with E-state index in [1.165, 1.54) is 24.0 Å². The minimum Gasteiger partial charge on any atom is -0.257 e. The Bertz CT molecular complexity index is 483. The minimum atomic E-state index is 1.01. The van der Waals surface area contributed by atoms with Gasteiger partial charge >= 0.3 is 0 Å². The first-order valence-corrected chi connectivity index (χ1v) is 6.56. The first-order valence-electron chi connectivity index (χ1n) is 6.56. The second kappa shape index (κ2) is 6.75. The maximum Gasteiger partial charge on any atom is 0.0630 e. The topological polar surface area (TPSA) is 12.9 Å². The fourth-order valence-electron chi connectivity index (χ4n) is 1.81. The van der Waals surface area contributed by atoms with Gasteiger partial charge in [-0.2, -0.15) is 0 Å². The molecule has 1 heteroatoms. The highest BCUT2D eigenvalue weighted by Gasteiger charge is 1.93. The highest BCUT2D eigenvalue weighted by molar-refractivity contribution is 5.67. The molecule has 0 saturated carbocycles. The molecule has 1 aromatic carbocycles. The fraction of sp³-hybridized carbons (Fsp3) is 0.235. The maximum atomic E-state index is 4.46. The van der Waals surface area contributed by atoms with Gasteiger partial charge in [-0.25, -0.2) is 0 Å². The lowest BCUT2D eigenvalue weighted by atomic mass is 10.1. The molecule has 0 aliphatic heterocycles. The SMILES string of the molecule is CCCCc1ccc(C=Cc2ccccc2)nc1. The van der Waals surface area contributed by atoms with Crippen LogP contribution in [0, 0.1) is 0 Å². The van der Waals surface area contributed by atoms with Gasteiger partial charge in [0, 0.05) is 6.20 Å². The van der Waals surface area contributed by atoms with Gasteiger partial charge in [0.25, 0.3) is 0 Å². The predicted octanol–water partition coefficient (Wildman–Crippen LogP) is 4.59. The summed E-state index contributed by atoms with van der Waals surface area (Å²) in [6.07, 6.45) is 9.73. The molecule has 0 aliphatic rings. The zero-order valence-electron chi connectivity index (χ0n) is 10.8. The summed E-state index contributed by atoms with van der Waals surface area (Å²) in [7, 11) is 0. The number of hydrogen-bond donors (Lipinski definition) is 0. The highest BCUT2D eigenvalue weighted by Crippen LogP contribution is 2.08. The number of nitrogens with zero attached hydrogens (tertiary/aromatic N) is 1. The summed E-state index contributed by atoms with van der Waals surface area (Å²) in [4.78, 5) is 4.46. The van der Waals surface area contributed by atoms with Crippen LogP contribution in [0.3, 0.4) is 0 Å². The third-order valence-corrected chi connectivity index (χ3v) is 2.91. The Balaban J connectivity index is 2.00. The van der Waals surface area contributed by atoms with Crippen LogP contribution in [-0.4, -0.2) is 4.98 Å². The molecule has 0 aliphatic carbocycles. The lowest BCUT2D eigenvalue weighted by molar-refractivity contribution is 0.792. The molecule has 0 saturated heterocycles. The largest absolute Gasteiger partial charge is 0.257 e. The number of aromatic nitrogens is 1. The van der Waals surface area contributed by atoms with Crippen molar-refractivity contribution in [2.45, 2.75) is 26.2 Å². The monoisotopic (exact) mass is 237 g/mol. The van der Waals surface area contributed by atoms with Crippen molar-refractivity contribution in [1.29, 1.82) is 0 Å². The molecule has 18 heavy (non-hydrogen) atoms. The van der Waals surface area contributed by atoms with Crippen molar-refractivity contribution in [2.24, 2.45) is 0 Å². The first kappa shape index (κ1) is 12.6. The first-order chi connectivity index (χ1) is 8.88. The molecule has 1 heterocycles. The minimum absolute atomic E-state index is 1.01. The molecule has 1 nitrogen and oxygen atoms in total. The summed E-state index contributed by atoms with van der Waals surface area (Å²) in [5.74, 6) is 0. The lowest BCUT2D eigenvalue weighted by Crippen LogP contribution is -1.87. The zero-order chi connectivity index (χ0) is 12.6. The molecule has 0 fully saturated rings. The van der Waals surface area contributed by atoms with Crippen LogP contribution in [0.15, 0.2) is 48.7 Å². The Kier molecular flexibility index (Phi) is 4.71. The van der Waals surface area contributed by atoms with Crippen LogP contribution in [0.4, 0.5) is 0 Å². The van der Waals surface area contributed by atoms with E-state index < -0.39 is 0 Å². The average molecular weight is 237 g/mol. The number of rotatable bonds is 5. The predicted molar refractivity (Wildman–Crippen MR) is 78.2 cm³/mol. The van der Waals surface area contributed by atoms with Gasteiger partial charge in [0.2, 0.25) is 0 Å². The van der Waals surface area contributed by atoms with Crippen molar-refractivity contribution in [3.63, 3.8) is 0 Å². The van der Waals surface area contributed by atoms with Crippen LogP contribution in [0.2, 0.25) is 0 Å². The van der Waals surface area contributed by atoms with Crippen LogP contribution >= 0.6 is 0 Å². The summed E-state index contributed by atoms with van der Waals surface area (Å²) in [6, 6.07) is 14.6. The maximum absolute atomic E-state index is 4.46. The normalized spacial score (nSPS) is 10.9. The molecular formula is C17H19N. The smallest absolute Gasteiger partial charge is 0.0630 e. The lowest BCUT2D eigenvalue weighted by Gasteiger charge is -1.99. The second-order valence-corrected chi connectivity index (χ2v) is 4.44. The van der Waals surface area contributed by atoms with E-state index in [-0.39, 0.29) is 0 Å². The number of benzene rings is 1. The van der Waals surface area contributed by atoms with Crippen molar-refractivity contribution in [2.75, 3.05) is 0 Å². The van der Waals surface area contributed by atoms with Gasteiger partial charge in [0.15, 0.2) is 0 Å². The molecule has 2 aromatic rings. The molecule has 0 bridgehead atoms. The van der Waals surface area contributed by atoms with E-state index >= 15 is 0 Å². The quantitative estimate of drug-likeness (QED) is 0.741. The Morgan fingerprint density at radius 1 is 1.00 bits per heavy atom. The van der Waals surface area contributed by atoms with E-state index in [0.29, 0.717) is 0 Å². The van der Waals surface area contributed by atoms with E-state index in [9.17, 15) is 0 Å². The van der Waals surface area contributed by atoms with Crippen LogP contribution in [0.5, 0.6) is 0 Å². The molecule has 1 aromatic heterocycles. The van der Waals surface area contributed by atoms with Gasteiger partial charge in [-0.1, -0.05) is 55.8 Å². The van der Waals surface area contributed by atoms with Gasteiger partial charge in [-0.3, -0.25) is 4.98 Å². The number of unbranched alkanes of at least 4 members (excludes halogenated alkanes) is 1. The van der Waals surface area contributed by atoms with Crippen LogP contribution in [0.1, 0.15) is 36.6 Å². The Morgan fingerprint density at radius 3 is 2.50 bits per heavy atom. The fourth-order valence-corrected chi connectivity index (χ4v) is 1.81. The molecule has 0 radical (unpaired) electrons. The molecule has 0 atom stereocenters. The van der Waals surface area contributed by atoms with Crippen LogP contribution in [0.25, 0.3) is 12.2 Å². The van der Waals surface area contributed by atoms with Gasteiger partial charge in [-0.05, 0) is 36.1 Å². The van der Waals surface area contributed by atoms with E-state index in [2.05, 4.69) is 48.3 Å². The summed E-state index contributed by atoms with van der Waals surface area (Å²) < 4.78 is 0. The molecule has 2 rings (SSSR count). The summed E-state index contributed by atoms with van der Waals surface area (Å²) >= 11 is 0. The highest BCUT2D eigenvalue weighted by atomic mass is 14.7. The van der Waals surface area contributed by atoms with Gasteiger partial charge < -0.3 is 0 Å². The van der Waals surface area contributed by atoms with Crippen molar-refractivity contribution in [1.82, 2.24) is 4.98 Å². The Morgan fingerprint density at radius 2 is 1.83 bits per heavy atom. The van der Waals surface area contributed by atoms with Crippen molar-refractivity contribution >= 4 is 12.2 Å². The molecule has 92 valence electrons. The van der Waals surface area contributed by atoms with E-state index in [4.69, 9.17) is 0 Å². The number of pyridine rings is 1. The molecule has 0 N–H and O–H groups in total. The Hall–Kier alpha value is -1.89. The molecule has 0 amide bonds. The van der Waals surface area contributed by atoms with Crippen molar-refractivity contribution in [3.05, 3.63) is 65.5 Å². The molecule has 0 spiro atoms. The van der Waals surface area contributed by atoms with Gasteiger partial charge in [-0.15, -0.1) is 0 Å². The van der Waals surface area contributed by atoms with Gasteiger partial charge in [0.05, 0.1) is 5.69 Å². The van der Waals surface area contributed by atoms with E-state index in [1.807, 2.05) is 24.4 Å². The molecular weight excluding hydrogens is 218 g/mol. The van der Waals surface area contributed by atoms with E-state index in [1.54, 1.807) is 0 Å². The van der Waals surface area contributed by atoms with Gasteiger partial charge in [0.1, 0.15) is 0 Å². The zero-order valence-corrected chi connectivity index (χ0v) is 10.8. The molecule has 0 unspecified atom stereocenters. The van der Waals surface area contributed by atoms with Crippen molar-refractivity contribution in [3.8, 4) is 0 Å². The summed E-state index contributed by atoms with van der Waals surface area (Å²) in [5.41, 5.74) is 3.54. The number of hydrogen-bond acceptors (Lipinski definition) is 1. The third-order valence-electron chi connectivity index (χ3n) is 2.91. The van der Waals surface area contributed by atoms with Crippen LogP contribution in [-0.2, 0) is 6.42 Å². The van der Waals surface area contributed by atoms with Crippen molar-refractivity contribution < 1.29 is 0 Å². The van der Waals surface area contributed by atoms with Crippen LogP contribution < -0.4 is 0 Å².